The first-order valence-electron chi connectivity index (χ1n) is 10.3. The van der Waals surface area contributed by atoms with Crippen LogP contribution in [0.25, 0.3) is 0 Å². The van der Waals surface area contributed by atoms with Crippen LogP contribution in [0.4, 0.5) is 27.7 Å². The van der Waals surface area contributed by atoms with Crippen LogP contribution in [0.5, 0.6) is 11.5 Å². The van der Waals surface area contributed by atoms with Gasteiger partial charge < -0.3 is 30.4 Å². The number of nitrogens with zero attached hydrogens (tertiary/aromatic N) is 2. The third kappa shape index (κ3) is 4.56. The standard InChI is InChI=1S/C25H21N5O3/c26-23-22-13-14-32-24(22)27-16-30(23)19-11-9-17(10-12-19)28-25(31)29-18-5-4-8-21(15-18)33-20-6-2-1-3-7-20/h1-16,23H,26H2,(H2,28,29,31). The zero-order valence-electron chi connectivity index (χ0n) is 17.5. The Labute approximate surface area is 190 Å². The highest BCUT2D eigenvalue weighted by Crippen LogP contribution is 2.34. The number of fused-ring (bicyclic) bond motifs is 1. The van der Waals surface area contributed by atoms with Crippen LogP contribution in [0, 0.1) is 0 Å². The molecule has 0 bridgehead atoms. The fourth-order valence-electron chi connectivity index (χ4n) is 3.48. The number of aliphatic imine (C=N–C) groups is 1. The van der Waals surface area contributed by atoms with Crippen molar-refractivity contribution in [2.24, 2.45) is 10.7 Å². The Balaban J connectivity index is 1.21. The molecular formula is C25H21N5O3. The Bertz CT molecular complexity index is 1280. The summed E-state index contributed by atoms with van der Waals surface area (Å²) in [6.45, 7) is 0. The van der Waals surface area contributed by atoms with Crippen molar-refractivity contribution in [1.29, 1.82) is 0 Å². The molecular weight excluding hydrogens is 418 g/mol. The summed E-state index contributed by atoms with van der Waals surface area (Å²) in [5.74, 6) is 1.87. The molecule has 5 rings (SSSR count). The fraction of sp³-hybridized carbons (Fsp3) is 0.0400. The van der Waals surface area contributed by atoms with E-state index in [9.17, 15) is 4.79 Å². The second-order valence-electron chi connectivity index (χ2n) is 7.35. The van der Waals surface area contributed by atoms with Gasteiger partial charge in [-0.1, -0.05) is 24.3 Å². The Morgan fingerprint density at radius 1 is 0.909 bits per heavy atom. The van der Waals surface area contributed by atoms with Crippen molar-refractivity contribution in [3.05, 3.63) is 96.8 Å². The lowest BCUT2D eigenvalue weighted by Gasteiger charge is -2.29. The van der Waals surface area contributed by atoms with Gasteiger partial charge in [0.1, 0.15) is 24.0 Å². The third-order valence-electron chi connectivity index (χ3n) is 5.09. The van der Waals surface area contributed by atoms with E-state index in [1.165, 1.54) is 0 Å². The smallest absolute Gasteiger partial charge is 0.323 e. The molecule has 164 valence electrons. The Morgan fingerprint density at radius 3 is 2.48 bits per heavy atom. The van der Waals surface area contributed by atoms with Gasteiger partial charge in [-0.25, -0.2) is 9.79 Å². The van der Waals surface area contributed by atoms with Gasteiger partial charge in [0.05, 0.1) is 11.8 Å². The summed E-state index contributed by atoms with van der Waals surface area (Å²) in [7, 11) is 0. The molecule has 1 aliphatic rings. The van der Waals surface area contributed by atoms with Crippen LogP contribution in [0.1, 0.15) is 11.7 Å². The maximum absolute atomic E-state index is 12.5. The molecule has 33 heavy (non-hydrogen) atoms. The Hall–Kier alpha value is -4.56. The van der Waals surface area contributed by atoms with Crippen molar-refractivity contribution in [3.63, 3.8) is 0 Å². The molecule has 2 heterocycles. The molecule has 1 aromatic heterocycles. The average molecular weight is 439 g/mol. The largest absolute Gasteiger partial charge is 0.457 e. The highest BCUT2D eigenvalue weighted by atomic mass is 16.5. The highest BCUT2D eigenvalue weighted by molar-refractivity contribution is 6.00. The molecule has 0 radical (unpaired) electrons. The summed E-state index contributed by atoms with van der Waals surface area (Å²) in [5, 5.41) is 5.64. The quantitative estimate of drug-likeness (QED) is 0.362. The number of carbonyl (C=O) groups excluding carboxylic acids is 1. The summed E-state index contributed by atoms with van der Waals surface area (Å²) in [6.07, 6.45) is 2.81. The molecule has 0 saturated carbocycles. The van der Waals surface area contributed by atoms with Gasteiger partial charge in [0.15, 0.2) is 0 Å². The van der Waals surface area contributed by atoms with Gasteiger partial charge in [0.25, 0.3) is 0 Å². The molecule has 0 saturated heterocycles. The summed E-state index contributed by atoms with van der Waals surface area (Å²) in [5.41, 5.74) is 9.23. The van der Waals surface area contributed by atoms with Crippen molar-refractivity contribution in [3.8, 4) is 11.5 Å². The van der Waals surface area contributed by atoms with Crippen LogP contribution < -0.4 is 26.0 Å². The highest BCUT2D eigenvalue weighted by Gasteiger charge is 2.24. The summed E-state index contributed by atoms with van der Waals surface area (Å²) < 4.78 is 11.1. The lowest BCUT2D eigenvalue weighted by Crippen LogP contribution is -2.35. The minimum absolute atomic E-state index is 0.362. The predicted molar refractivity (Wildman–Crippen MR) is 128 cm³/mol. The van der Waals surface area contributed by atoms with Gasteiger partial charge in [-0.05, 0) is 54.6 Å². The predicted octanol–water partition coefficient (Wildman–Crippen LogP) is 5.85. The molecule has 2 amide bonds. The van der Waals surface area contributed by atoms with Gasteiger partial charge in [-0.2, -0.15) is 0 Å². The fourth-order valence-corrected chi connectivity index (χ4v) is 3.48. The number of urea groups is 1. The van der Waals surface area contributed by atoms with Crippen molar-refractivity contribution in [1.82, 2.24) is 0 Å². The second-order valence-corrected chi connectivity index (χ2v) is 7.35. The van der Waals surface area contributed by atoms with E-state index in [1.807, 2.05) is 65.6 Å². The maximum Gasteiger partial charge on any atom is 0.323 e. The molecule has 1 unspecified atom stereocenters. The second kappa shape index (κ2) is 8.89. The number of hydrogen-bond acceptors (Lipinski definition) is 6. The lowest BCUT2D eigenvalue weighted by molar-refractivity contribution is 0.262. The molecule has 4 N–H and O–H groups in total. The number of benzene rings is 3. The minimum atomic E-state index is -0.399. The van der Waals surface area contributed by atoms with Crippen LogP contribution in [0.15, 0.2) is 101 Å². The summed E-state index contributed by atoms with van der Waals surface area (Å²) >= 11 is 0. The van der Waals surface area contributed by atoms with Crippen LogP contribution in [-0.4, -0.2) is 12.4 Å². The average Bonchev–Trinajstić information content (AvgIpc) is 3.31. The lowest BCUT2D eigenvalue weighted by atomic mass is 10.2. The van der Waals surface area contributed by atoms with E-state index in [0.29, 0.717) is 23.0 Å². The van der Waals surface area contributed by atoms with Gasteiger partial charge in [0, 0.05) is 23.1 Å². The van der Waals surface area contributed by atoms with Gasteiger partial charge in [-0.15, -0.1) is 0 Å². The van der Waals surface area contributed by atoms with Crippen molar-refractivity contribution < 1.29 is 13.9 Å². The molecule has 0 fully saturated rings. The molecule has 3 aromatic carbocycles. The van der Waals surface area contributed by atoms with E-state index in [-0.39, 0.29) is 6.03 Å². The number of rotatable bonds is 5. The van der Waals surface area contributed by atoms with Crippen LogP contribution in [0.3, 0.4) is 0 Å². The number of amides is 2. The Morgan fingerprint density at radius 2 is 1.67 bits per heavy atom. The zero-order valence-corrected chi connectivity index (χ0v) is 17.5. The minimum Gasteiger partial charge on any atom is -0.457 e. The number of anilines is 3. The first kappa shape index (κ1) is 20.3. The number of ether oxygens (including phenoxy) is 1. The number of nitrogens with two attached hydrogens (primary N) is 1. The number of carbonyl (C=O) groups is 1. The van der Waals surface area contributed by atoms with E-state index in [1.54, 1.807) is 36.9 Å². The van der Waals surface area contributed by atoms with Crippen LogP contribution >= 0.6 is 0 Å². The van der Waals surface area contributed by atoms with Crippen molar-refractivity contribution in [2.75, 3.05) is 15.5 Å². The molecule has 1 atom stereocenters. The first-order chi connectivity index (χ1) is 16.2. The molecule has 8 nitrogen and oxygen atoms in total. The van der Waals surface area contributed by atoms with E-state index >= 15 is 0 Å². The number of para-hydroxylation sites is 1. The van der Waals surface area contributed by atoms with E-state index in [4.69, 9.17) is 14.9 Å². The third-order valence-corrected chi connectivity index (χ3v) is 5.09. The number of nitrogens with one attached hydrogen (secondary N) is 2. The molecule has 4 aromatic rings. The van der Waals surface area contributed by atoms with Gasteiger partial charge in [0.2, 0.25) is 5.88 Å². The van der Waals surface area contributed by atoms with E-state index < -0.39 is 6.17 Å². The summed E-state index contributed by atoms with van der Waals surface area (Å²) in [6, 6.07) is 25.4. The molecule has 0 aliphatic carbocycles. The molecule has 8 heteroatoms. The maximum atomic E-state index is 12.5. The Kier molecular flexibility index (Phi) is 5.48. The monoisotopic (exact) mass is 439 g/mol. The zero-order chi connectivity index (χ0) is 22.6. The van der Waals surface area contributed by atoms with Crippen molar-refractivity contribution in [2.45, 2.75) is 6.17 Å². The van der Waals surface area contributed by atoms with E-state index in [2.05, 4.69) is 15.6 Å². The van der Waals surface area contributed by atoms with Gasteiger partial charge >= 0.3 is 6.03 Å². The number of hydrogen-bond donors (Lipinski definition) is 3. The normalized spacial score (nSPS) is 14.5. The number of furan rings is 1. The van der Waals surface area contributed by atoms with Crippen molar-refractivity contribution >= 4 is 35.3 Å². The first-order valence-corrected chi connectivity index (χ1v) is 10.3. The van der Waals surface area contributed by atoms with Crippen LogP contribution in [-0.2, 0) is 0 Å². The van der Waals surface area contributed by atoms with E-state index in [0.717, 1.165) is 17.0 Å². The summed E-state index contributed by atoms with van der Waals surface area (Å²) in [4.78, 5) is 18.6. The molecule has 1 aliphatic heterocycles. The molecule has 0 spiro atoms. The topological polar surface area (TPSA) is 105 Å². The SMILES string of the molecule is NC1c2ccoc2N=CN1c1ccc(NC(=O)Nc2cccc(Oc3ccccc3)c2)cc1. The van der Waals surface area contributed by atoms with Crippen LogP contribution in [0.2, 0.25) is 0 Å². The van der Waals surface area contributed by atoms with Gasteiger partial charge in [-0.3, -0.25) is 0 Å².